The van der Waals surface area contributed by atoms with Crippen molar-refractivity contribution in [2.24, 2.45) is 5.73 Å². The largest absolute Gasteiger partial charge is 0.329 e. The number of nitrogens with one attached hydrogen (secondary N) is 1. The fourth-order valence-corrected chi connectivity index (χ4v) is 3.84. The van der Waals surface area contributed by atoms with Crippen LogP contribution in [0, 0.1) is 20.8 Å². The number of para-hydroxylation sites is 1. The van der Waals surface area contributed by atoms with Gasteiger partial charge in [0.05, 0.1) is 23.6 Å². The maximum Gasteiger partial charge on any atom is 0.265 e. The van der Waals surface area contributed by atoms with Crippen LogP contribution >= 0.6 is 0 Å². The molecule has 1 heterocycles. The summed E-state index contributed by atoms with van der Waals surface area (Å²) in [5.74, 6) is 0. The van der Waals surface area contributed by atoms with Gasteiger partial charge < -0.3 is 5.73 Å². The Bertz CT molecular complexity index is 750. The smallest absolute Gasteiger partial charge is 0.265 e. The van der Waals surface area contributed by atoms with Crippen LogP contribution in [-0.2, 0) is 16.6 Å². The van der Waals surface area contributed by atoms with Crippen molar-refractivity contribution >= 4 is 15.7 Å². The summed E-state index contributed by atoms with van der Waals surface area (Å²) < 4.78 is 29.5. The predicted molar refractivity (Wildman–Crippen MR) is 82.7 cm³/mol. The lowest BCUT2D eigenvalue weighted by atomic mass is 10.2. The molecule has 0 bridgehead atoms. The number of anilines is 1. The summed E-state index contributed by atoms with van der Waals surface area (Å²) in [6.45, 7) is 6.18. The zero-order valence-electron chi connectivity index (χ0n) is 12.4. The van der Waals surface area contributed by atoms with Crippen LogP contribution in [0.15, 0.2) is 29.2 Å². The number of nitrogens with two attached hydrogens (primary N) is 1. The van der Waals surface area contributed by atoms with E-state index in [1.807, 2.05) is 19.1 Å². The normalized spacial score (nSPS) is 11.6. The topological polar surface area (TPSA) is 90.0 Å². The fraction of sp³-hybridized carbons (Fsp3) is 0.357. The van der Waals surface area contributed by atoms with Crippen LogP contribution in [0.2, 0.25) is 0 Å². The Morgan fingerprint density at radius 3 is 2.52 bits per heavy atom. The van der Waals surface area contributed by atoms with E-state index in [1.165, 1.54) is 0 Å². The van der Waals surface area contributed by atoms with Gasteiger partial charge in [0.2, 0.25) is 0 Å². The molecule has 1 aromatic carbocycles. The molecule has 6 nitrogen and oxygen atoms in total. The van der Waals surface area contributed by atoms with Crippen LogP contribution in [0.1, 0.15) is 17.0 Å². The summed E-state index contributed by atoms with van der Waals surface area (Å²) in [7, 11) is -3.67. The second kappa shape index (κ2) is 5.87. The van der Waals surface area contributed by atoms with Crippen LogP contribution in [0.3, 0.4) is 0 Å². The van der Waals surface area contributed by atoms with Gasteiger partial charge in [0, 0.05) is 6.54 Å². The molecule has 7 heteroatoms. The average Bonchev–Trinajstić information content (AvgIpc) is 2.68. The van der Waals surface area contributed by atoms with Gasteiger partial charge in [-0.25, -0.2) is 8.42 Å². The highest BCUT2D eigenvalue weighted by molar-refractivity contribution is 7.92. The number of sulfonamides is 1. The standard InChI is InChI=1S/C14H20N4O2S/c1-10-6-4-5-7-13(10)17-21(19,20)14-11(2)16-18(9-8-15)12(14)3/h4-7,17H,8-9,15H2,1-3H3. The highest BCUT2D eigenvalue weighted by Gasteiger charge is 2.24. The van der Waals surface area contributed by atoms with Crippen LogP contribution < -0.4 is 10.5 Å². The first-order valence-corrected chi connectivity index (χ1v) is 8.17. The summed E-state index contributed by atoms with van der Waals surface area (Å²) in [6.07, 6.45) is 0. The molecule has 0 fully saturated rings. The van der Waals surface area contributed by atoms with Crippen molar-refractivity contribution in [3.05, 3.63) is 41.2 Å². The summed E-state index contributed by atoms with van der Waals surface area (Å²) in [6, 6.07) is 7.25. The van der Waals surface area contributed by atoms with Crippen molar-refractivity contribution < 1.29 is 8.42 Å². The first-order valence-electron chi connectivity index (χ1n) is 6.69. The molecule has 0 amide bonds. The molecule has 3 N–H and O–H groups in total. The summed E-state index contributed by atoms with van der Waals surface area (Å²) in [5, 5.41) is 4.25. The SMILES string of the molecule is Cc1ccccc1NS(=O)(=O)c1c(C)nn(CCN)c1C. The van der Waals surface area contributed by atoms with Crippen molar-refractivity contribution in [3.8, 4) is 0 Å². The Morgan fingerprint density at radius 1 is 1.24 bits per heavy atom. The van der Waals surface area contributed by atoms with Crippen molar-refractivity contribution in [1.82, 2.24) is 9.78 Å². The Hall–Kier alpha value is -1.86. The second-order valence-corrected chi connectivity index (χ2v) is 6.55. The van der Waals surface area contributed by atoms with Gasteiger partial charge in [-0.3, -0.25) is 9.40 Å². The van der Waals surface area contributed by atoms with Gasteiger partial charge in [-0.2, -0.15) is 5.10 Å². The van der Waals surface area contributed by atoms with Gasteiger partial charge in [-0.15, -0.1) is 0 Å². The van der Waals surface area contributed by atoms with E-state index in [9.17, 15) is 8.42 Å². The third-order valence-corrected chi connectivity index (χ3v) is 4.93. The van der Waals surface area contributed by atoms with Crippen LogP contribution in [0.4, 0.5) is 5.69 Å². The highest BCUT2D eigenvalue weighted by atomic mass is 32.2. The van der Waals surface area contributed by atoms with Gasteiger partial charge in [-0.05, 0) is 32.4 Å². The molecule has 0 spiro atoms. The lowest BCUT2D eigenvalue weighted by molar-refractivity contribution is 0.593. The number of aromatic nitrogens is 2. The average molecular weight is 308 g/mol. The molecule has 0 unspecified atom stereocenters. The minimum absolute atomic E-state index is 0.221. The molecule has 0 saturated carbocycles. The van der Waals surface area contributed by atoms with E-state index in [1.54, 1.807) is 30.7 Å². The third kappa shape index (κ3) is 3.08. The van der Waals surface area contributed by atoms with E-state index < -0.39 is 10.0 Å². The van der Waals surface area contributed by atoms with Gasteiger partial charge in [0.15, 0.2) is 0 Å². The number of rotatable bonds is 5. The van der Waals surface area contributed by atoms with E-state index in [4.69, 9.17) is 5.73 Å². The number of benzene rings is 1. The van der Waals surface area contributed by atoms with Crippen LogP contribution in [-0.4, -0.2) is 24.7 Å². The molecule has 0 aliphatic heterocycles. The fourth-order valence-electron chi connectivity index (χ4n) is 2.29. The zero-order valence-corrected chi connectivity index (χ0v) is 13.2. The minimum Gasteiger partial charge on any atom is -0.329 e. The zero-order chi connectivity index (χ0) is 15.6. The highest BCUT2D eigenvalue weighted by Crippen LogP contribution is 2.24. The molecule has 114 valence electrons. The molecule has 1 aromatic heterocycles. The molecule has 0 radical (unpaired) electrons. The Labute approximate surface area is 125 Å². The number of hydrogen-bond acceptors (Lipinski definition) is 4. The second-order valence-electron chi connectivity index (χ2n) is 4.93. The van der Waals surface area contributed by atoms with E-state index in [0.29, 0.717) is 30.2 Å². The summed E-state index contributed by atoms with van der Waals surface area (Å²) in [5.41, 5.74) is 8.02. The van der Waals surface area contributed by atoms with Gasteiger partial charge in [-0.1, -0.05) is 18.2 Å². The third-order valence-electron chi connectivity index (χ3n) is 3.31. The van der Waals surface area contributed by atoms with E-state index in [-0.39, 0.29) is 4.90 Å². The number of hydrogen-bond donors (Lipinski definition) is 2. The molecule has 21 heavy (non-hydrogen) atoms. The summed E-state index contributed by atoms with van der Waals surface area (Å²) >= 11 is 0. The molecular weight excluding hydrogens is 288 g/mol. The van der Waals surface area contributed by atoms with Crippen molar-refractivity contribution in [3.63, 3.8) is 0 Å². The Kier molecular flexibility index (Phi) is 4.34. The van der Waals surface area contributed by atoms with Crippen molar-refractivity contribution in [2.75, 3.05) is 11.3 Å². The van der Waals surface area contributed by atoms with Gasteiger partial charge in [0.1, 0.15) is 4.90 Å². The molecule has 0 atom stereocenters. The lowest BCUT2D eigenvalue weighted by Crippen LogP contribution is -2.16. The van der Waals surface area contributed by atoms with Gasteiger partial charge in [0.25, 0.3) is 10.0 Å². The Morgan fingerprint density at radius 2 is 1.90 bits per heavy atom. The molecular formula is C14H20N4O2S. The molecule has 0 aliphatic rings. The van der Waals surface area contributed by atoms with Gasteiger partial charge >= 0.3 is 0 Å². The van der Waals surface area contributed by atoms with Crippen LogP contribution in [0.25, 0.3) is 0 Å². The predicted octanol–water partition coefficient (Wildman–Crippen LogP) is 1.57. The maximum atomic E-state index is 12.6. The first-order chi connectivity index (χ1) is 9.86. The molecule has 2 rings (SSSR count). The Balaban J connectivity index is 2.43. The monoisotopic (exact) mass is 308 g/mol. The van der Waals surface area contributed by atoms with Crippen molar-refractivity contribution in [1.29, 1.82) is 0 Å². The molecule has 2 aromatic rings. The molecule has 0 saturated heterocycles. The van der Waals surface area contributed by atoms with Crippen LogP contribution in [0.5, 0.6) is 0 Å². The summed E-state index contributed by atoms with van der Waals surface area (Å²) in [4.78, 5) is 0.221. The number of nitrogens with zero attached hydrogens (tertiary/aromatic N) is 2. The van der Waals surface area contributed by atoms with E-state index in [0.717, 1.165) is 5.56 Å². The maximum absolute atomic E-state index is 12.6. The first kappa shape index (κ1) is 15.5. The lowest BCUT2D eigenvalue weighted by Gasteiger charge is -2.11. The minimum atomic E-state index is -3.67. The number of aryl methyl sites for hydroxylation is 2. The van der Waals surface area contributed by atoms with Crippen molar-refractivity contribution in [2.45, 2.75) is 32.2 Å². The van der Waals surface area contributed by atoms with E-state index in [2.05, 4.69) is 9.82 Å². The molecule has 0 aliphatic carbocycles. The van der Waals surface area contributed by atoms with E-state index >= 15 is 0 Å². The quantitative estimate of drug-likeness (QED) is 0.877.